The van der Waals surface area contributed by atoms with Crippen LogP contribution in [0.1, 0.15) is 60.3 Å². The predicted octanol–water partition coefficient (Wildman–Crippen LogP) is 2.76. The monoisotopic (exact) mass is 356 g/mol. The second kappa shape index (κ2) is 7.40. The van der Waals surface area contributed by atoms with Gasteiger partial charge in [-0.1, -0.05) is 0 Å². The van der Waals surface area contributed by atoms with E-state index in [1.807, 2.05) is 20.8 Å². The lowest BCUT2D eigenvalue weighted by molar-refractivity contribution is -0.0400. The Morgan fingerprint density at radius 2 is 1.92 bits per heavy atom. The average molecular weight is 356 g/mol. The zero-order valence-corrected chi connectivity index (χ0v) is 16.1. The van der Waals surface area contributed by atoms with Crippen LogP contribution >= 0.6 is 0 Å². The summed E-state index contributed by atoms with van der Waals surface area (Å²) in [5.74, 6) is 0. The molecule has 0 bridgehead atoms. The number of hydrogen-bond donors (Lipinski definition) is 1. The lowest BCUT2D eigenvalue weighted by Gasteiger charge is -2.42. The van der Waals surface area contributed by atoms with Crippen molar-refractivity contribution in [2.45, 2.75) is 83.6 Å². The summed E-state index contributed by atoms with van der Waals surface area (Å²) < 4.78 is 10.9. The normalized spacial score (nSPS) is 25.6. The summed E-state index contributed by atoms with van der Waals surface area (Å²) >= 11 is 0. The molecule has 1 N–H and O–H groups in total. The molecule has 2 aliphatic rings. The van der Waals surface area contributed by atoms with Gasteiger partial charge in [0.1, 0.15) is 11.7 Å². The van der Waals surface area contributed by atoms with E-state index in [0.717, 1.165) is 12.8 Å². The van der Waals surface area contributed by atoms with Crippen LogP contribution in [-0.4, -0.2) is 70.1 Å². The van der Waals surface area contributed by atoms with Gasteiger partial charge in [0.05, 0.1) is 11.6 Å². The molecule has 2 rings (SSSR count). The van der Waals surface area contributed by atoms with Gasteiger partial charge in [0.25, 0.3) is 0 Å². The second-order valence-electron chi connectivity index (χ2n) is 8.73. The molecule has 0 radical (unpaired) electrons. The molecule has 2 unspecified atom stereocenters. The molecule has 2 aliphatic heterocycles. The summed E-state index contributed by atoms with van der Waals surface area (Å²) in [6, 6.07) is -0.0446. The molecule has 2 amide bonds. The zero-order chi connectivity index (χ0) is 18.8. The van der Waals surface area contributed by atoms with E-state index >= 15 is 0 Å². The van der Waals surface area contributed by atoms with Gasteiger partial charge in [-0.25, -0.2) is 9.59 Å². The molecule has 0 aromatic heterocycles. The van der Waals surface area contributed by atoms with Crippen LogP contribution in [0.15, 0.2) is 0 Å². The smallest absolute Gasteiger partial charge is 0.410 e. The molecule has 0 aromatic rings. The highest BCUT2D eigenvalue weighted by molar-refractivity contribution is 5.70. The maximum absolute atomic E-state index is 12.4. The highest BCUT2D eigenvalue weighted by atomic mass is 16.6. The molecule has 2 atom stereocenters. The summed E-state index contributed by atoms with van der Waals surface area (Å²) in [7, 11) is 0. The minimum atomic E-state index is -0.856. The first-order valence-corrected chi connectivity index (χ1v) is 9.12. The van der Waals surface area contributed by atoms with E-state index in [1.165, 1.54) is 0 Å². The number of likely N-dealkylation sites (tertiary alicyclic amines) is 1. The SMILES string of the molecule is CC(C)(O)CC1CCN(C2CCCN(C(=O)OC(C)(C)C)C2)C(=O)O1. The van der Waals surface area contributed by atoms with E-state index in [1.54, 1.807) is 23.6 Å². The quantitative estimate of drug-likeness (QED) is 0.841. The minimum absolute atomic E-state index is 0.0446. The maximum atomic E-state index is 12.4. The molecular weight excluding hydrogens is 324 g/mol. The van der Waals surface area contributed by atoms with E-state index in [-0.39, 0.29) is 24.3 Å². The Kier molecular flexibility index (Phi) is 5.86. The fourth-order valence-corrected chi connectivity index (χ4v) is 3.38. The molecule has 2 heterocycles. The van der Waals surface area contributed by atoms with Gasteiger partial charge in [-0.15, -0.1) is 0 Å². The van der Waals surface area contributed by atoms with Crippen molar-refractivity contribution in [1.29, 1.82) is 0 Å². The number of ether oxygens (including phenoxy) is 2. The van der Waals surface area contributed by atoms with Crippen molar-refractivity contribution < 1.29 is 24.2 Å². The maximum Gasteiger partial charge on any atom is 0.410 e. The number of amides is 2. The fraction of sp³-hybridized carbons (Fsp3) is 0.889. The van der Waals surface area contributed by atoms with Gasteiger partial charge >= 0.3 is 12.2 Å². The van der Waals surface area contributed by atoms with Crippen LogP contribution in [0, 0.1) is 0 Å². The van der Waals surface area contributed by atoms with Gasteiger partial charge in [0, 0.05) is 32.5 Å². The Hall–Kier alpha value is -1.50. The third-order valence-corrected chi connectivity index (χ3v) is 4.41. The lowest BCUT2D eigenvalue weighted by Crippen LogP contribution is -2.55. The Bertz CT molecular complexity index is 495. The van der Waals surface area contributed by atoms with E-state index in [0.29, 0.717) is 32.5 Å². The van der Waals surface area contributed by atoms with Crippen LogP contribution < -0.4 is 0 Å². The van der Waals surface area contributed by atoms with E-state index in [4.69, 9.17) is 9.47 Å². The van der Waals surface area contributed by atoms with Gasteiger partial charge in [0.15, 0.2) is 0 Å². The standard InChI is InChI=1S/C18H32N2O5/c1-17(2,3)25-15(21)19-9-6-7-13(12-19)20-10-8-14(24-16(20)22)11-18(4,5)23/h13-14,23H,6-12H2,1-5H3. The molecular formula is C18H32N2O5. The van der Waals surface area contributed by atoms with Gasteiger partial charge in [-0.05, 0) is 47.5 Å². The van der Waals surface area contributed by atoms with Crippen LogP contribution in [0.5, 0.6) is 0 Å². The van der Waals surface area contributed by atoms with Crippen molar-refractivity contribution in [3.05, 3.63) is 0 Å². The first-order chi connectivity index (χ1) is 11.4. The van der Waals surface area contributed by atoms with Crippen LogP contribution in [0.2, 0.25) is 0 Å². The third kappa shape index (κ3) is 6.06. The molecule has 2 fully saturated rings. The summed E-state index contributed by atoms with van der Waals surface area (Å²) in [5, 5.41) is 9.90. The molecule has 2 saturated heterocycles. The van der Waals surface area contributed by atoms with Crippen molar-refractivity contribution >= 4 is 12.2 Å². The molecule has 0 saturated carbocycles. The summed E-state index contributed by atoms with van der Waals surface area (Å²) in [6.45, 7) is 10.7. The second-order valence-corrected chi connectivity index (χ2v) is 8.73. The fourth-order valence-electron chi connectivity index (χ4n) is 3.38. The van der Waals surface area contributed by atoms with E-state index in [2.05, 4.69) is 0 Å². The van der Waals surface area contributed by atoms with E-state index in [9.17, 15) is 14.7 Å². The largest absolute Gasteiger partial charge is 0.446 e. The Labute approximate surface area is 150 Å². The first kappa shape index (κ1) is 19.8. The molecule has 0 aromatic carbocycles. The molecule has 25 heavy (non-hydrogen) atoms. The first-order valence-electron chi connectivity index (χ1n) is 9.12. The molecule has 0 spiro atoms. The highest BCUT2D eigenvalue weighted by Crippen LogP contribution is 2.26. The van der Waals surface area contributed by atoms with Crippen LogP contribution in [0.4, 0.5) is 9.59 Å². The number of nitrogens with zero attached hydrogens (tertiary/aromatic N) is 2. The number of rotatable bonds is 3. The van der Waals surface area contributed by atoms with Crippen LogP contribution in [-0.2, 0) is 9.47 Å². The van der Waals surface area contributed by atoms with Crippen LogP contribution in [0.3, 0.4) is 0 Å². The number of aliphatic hydroxyl groups is 1. The third-order valence-electron chi connectivity index (χ3n) is 4.41. The number of carbonyl (C=O) groups is 2. The molecule has 0 aliphatic carbocycles. The van der Waals surface area contributed by atoms with Gasteiger partial charge < -0.3 is 24.4 Å². The van der Waals surface area contributed by atoms with Gasteiger partial charge in [0.2, 0.25) is 0 Å². The van der Waals surface area contributed by atoms with Crippen LogP contribution in [0.25, 0.3) is 0 Å². The lowest BCUT2D eigenvalue weighted by atomic mass is 9.97. The topological polar surface area (TPSA) is 79.3 Å². The van der Waals surface area contributed by atoms with Crippen molar-refractivity contribution in [1.82, 2.24) is 9.80 Å². The minimum Gasteiger partial charge on any atom is -0.446 e. The summed E-state index contributed by atoms with van der Waals surface area (Å²) in [6.07, 6.45) is 1.87. The number of piperidine rings is 1. The number of carbonyl (C=O) groups excluding carboxylic acids is 2. The molecule has 7 heteroatoms. The number of cyclic esters (lactones) is 1. The predicted molar refractivity (Wildman–Crippen MR) is 93.3 cm³/mol. The Morgan fingerprint density at radius 1 is 1.24 bits per heavy atom. The van der Waals surface area contributed by atoms with Crippen molar-refractivity contribution in [3.8, 4) is 0 Å². The molecule has 144 valence electrons. The van der Waals surface area contributed by atoms with Gasteiger partial charge in [-0.3, -0.25) is 0 Å². The Balaban J connectivity index is 1.91. The zero-order valence-electron chi connectivity index (χ0n) is 16.1. The summed E-state index contributed by atoms with van der Waals surface area (Å²) in [4.78, 5) is 28.1. The van der Waals surface area contributed by atoms with Crippen molar-refractivity contribution in [2.75, 3.05) is 19.6 Å². The van der Waals surface area contributed by atoms with Gasteiger partial charge in [-0.2, -0.15) is 0 Å². The molecule has 7 nitrogen and oxygen atoms in total. The van der Waals surface area contributed by atoms with Crippen molar-refractivity contribution in [2.24, 2.45) is 0 Å². The number of hydrogen-bond acceptors (Lipinski definition) is 5. The van der Waals surface area contributed by atoms with Crippen molar-refractivity contribution in [3.63, 3.8) is 0 Å². The summed E-state index contributed by atoms with van der Waals surface area (Å²) in [5.41, 5.74) is -1.39. The van der Waals surface area contributed by atoms with E-state index < -0.39 is 11.2 Å². The Morgan fingerprint density at radius 3 is 2.48 bits per heavy atom. The average Bonchev–Trinajstić information content (AvgIpc) is 2.44. The highest BCUT2D eigenvalue weighted by Gasteiger charge is 2.37.